The van der Waals surface area contributed by atoms with Crippen LogP contribution in [0.15, 0.2) is 42.5 Å². The number of esters is 1. The third kappa shape index (κ3) is 6.19. The van der Waals surface area contributed by atoms with Crippen molar-refractivity contribution in [3.8, 4) is 17.2 Å². The quantitative estimate of drug-likeness (QED) is 0.663. The van der Waals surface area contributed by atoms with Crippen LogP contribution < -0.4 is 19.5 Å². The lowest BCUT2D eigenvalue weighted by Gasteiger charge is -2.12. The first-order chi connectivity index (χ1) is 13.4. The van der Waals surface area contributed by atoms with E-state index < -0.39 is 18.5 Å². The van der Waals surface area contributed by atoms with E-state index in [-0.39, 0.29) is 0 Å². The Hall–Kier alpha value is -3.22. The molecule has 0 spiro atoms. The van der Waals surface area contributed by atoms with Crippen molar-refractivity contribution in [3.05, 3.63) is 48.0 Å². The first kappa shape index (κ1) is 21.1. The molecule has 0 fully saturated rings. The average Bonchev–Trinajstić information content (AvgIpc) is 2.70. The van der Waals surface area contributed by atoms with Crippen molar-refractivity contribution in [3.63, 3.8) is 0 Å². The third-order valence-corrected chi connectivity index (χ3v) is 3.67. The Labute approximate surface area is 164 Å². The number of methoxy groups -OCH3 is 2. The van der Waals surface area contributed by atoms with Crippen LogP contribution in [0.2, 0.25) is 0 Å². The van der Waals surface area contributed by atoms with Gasteiger partial charge in [0, 0.05) is 6.07 Å². The van der Waals surface area contributed by atoms with E-state index in [4.69, 9.17) is 18.9 Å². The topological polar surface area (TPSA) is 83.1 Å². The smallest absolute Gasteiger partial charge is 0.338 e. The fourth-order valence-electron chi connectivity index (χ4n) is 2.29. The lowest BCUT2D eigenvalue weighted by molar-refractivity contribution is -0.119. The Kier molecular flexibility index (Phi) is 7.68. The molecular formula is C21H25NO6. The Morgan fingerprint density at radius 2 is 1.79 bits per heavy atom. The SMILES string of the molecule is COc1ccc(OC)c(NC(=O)COC(=O)c2cccc(OCC(C)C)c2)c1. The molecule has 0 aliphatic heterocycles. The minimum Gasteiger partial charge on any atom is -0.497 e. The summed E-state index contributed by atoms with van der Waals surface area (Å²) in [5, 5.41) is 2.64. The van der Waals surface area contributed by atoms with E-state index in [9.17, 15) is 9.59 Å². The number of carbonyl (C=O) groups excluding carboxylic acids is 2. The van der Waals surface area contributed by atoms with E-state index >= 15 is 0 Å². The van der Waals surface area contributed by atoms with Crippen molar-refractivity contribution in [1.29, 1.82) is 0 Å². The van der Waals surface area contributed by atoms with E-state index in [0.717, 1.165) is 0 Å². The number of nitrogens with one attached hydrogen (secondary N) is 1. The molecule has 2 aromatic rings. The van der Waals surface area contributed by atoms with Gasteiger partial charge in [-0.15, -0.1) is 0 Å². The number of rotatable bonds is 9. The molecule has 0 saturated carbocycles. The number of hydrogen-bond donors (Lipinski definition) is 1. The zero-order valence-corrected chi connectivity index (χ0v) is 16.5. The van der Waals surface area contributed by atoms with Crippen molar-refractivity contribution < 1.29 is 28.5 Å². The molecule has 0 atom stereocenters. The summed E-state index contributed by atoms with van der Waals surface area (Å²) < 4.78 is 21.0. The highest BCUT2D eigenvalue weighted by Gasteiger charge is 2.13. The molecule has 2 aromatic carbocycles. The van der Waals surface area contributed by atoms with Gasteiger partial charge in [-0.1, -0.05) is 19.9 Å². The average molecular weight is 387 g/mol. The summed E-state index contributed by atoms with van der Waals surface area (Å²) in [6.07, 6.45) is 0. The second-order valence-corrected chi connectivity index (χ2v) is 6.42. The second-order valence-electron chi connectivity index (χ2n) is 6.42. The number of ether oxygens (including phenoxy) is 4. The van der Waals surface area contributed by atoms with Crippen LogP contribution in [0.5, 0.6) is 17.2 Å². The van der Waals surface area contributed by atoms with Crippen molar-refractivity contribution >= 4 is 17.6 Å². The zero-order chi connectivity index (χ0) is 20.5. The van der Waals surface area contributed by atoms with Crippen LogP contribution in [0, 0.1) is 5.92 Å². The molecule has 0 aliphatic rings. The van der Waals surface area contributed by atoms with E-state index in [0.29, 0.717) is 41.0 Å². The first-order valence-corrected chi connectivity index (χ1v) is 8.84. The van der Waals surface area contributed by atoms with Gasteiger partial charge in [0.05, 0.1) is 32.1 Å². The van der Waals surface area contributed by atoms with Crippen LogP contribution in [-0.2, 0) is 9.53 Å². The van der Waals surface area contributed by atoms with E-state index in [1.54, 1.807) is 42.5 Å². The standard InChI is InChI=1S/C21H25NO6/c1-14(2)12-27-17-7-5-6-15(10-17)21(24)28-13-20(23)22-18-11-16(25-3)8-9-19(18)26-4/h5-11,14H,12-13H2,1-4H3,(H,22,23). The fraction of sp³-hybridized carbons (Fsp3) is 0.333. The molecule has 0 unspecified atom stereocenters. The minimum atomic E-state index is -0.609. The van der Waals surface area contributed by atoms with Gasteiger partial charge in [-0.2, -0.15) is 0 Å². The summed E-state index contributed by atoms with van der Waals surface area (Å²) in [7, 11) is 3.01. The minimum absolute atomic E-state index is 0.313. The Bertz CT molecular complexity index is 818. The molecule has 7 nitrogen and oxygen atoms in total. The van der Waals surface area contributed by atoms with Crippen LogP contribution in [0.3, 0.4) is 0 Å². The van der Waals surface area contributed by atoms with Crippen LogP contribution >= 0.6 is 0 Å². The number of anilines is 1. The lowest BCUT2D eigenvalue weighted by atomic mass is 10.2. The summed E-state index contributed by atoms with van der Waals surface area (Å²) in [4.78, 5) is 24.4. The summed E-state index contributed by atoms with van der Waals surface area (Å²) in [5.74, 6) is 0.873. The fourth-order valence-corrected chi connectivity index (χ4v) is 2.29. The van der Waals surface area contributed by atoms with Crippen molar-refractivity contribution in [2.45, 2.75) is 13.8 Å². The highest BCUT2D eigenvalue weighted by Crippen LogP contribution is 2.28. The van der Waals surface area contributed by atoms with Crippen LogP contribution in [-0.4, -0.2) is 39.3 Å². The van der Waals surface area contributed by atoms with Gasteiger partial charge in [-0.25, -0.2) is 4.79 Å². The summed E-state index contributed by atoms with van der Waals surface area (Å²) in [6.45, 7) is 4.18. The zero-order valence-electron chi connectivity index (χ0n) is 16.5. The molecule has 0 heterocycles. The molecule has 0 aromatic heterocycles. The van der Waals surface area contributed by atoms with Gasteiger partial charge in [0.15, 0.2) is 6.61 Å². The molecule has 0 radical (unpaired) electrons. The normalized spacial score (nSPS) is 10.3. The highest BCUT2D eigenvalue weighted by molar-refractivity contribution is 5.96. The first-order valence-electron chi connectivity index (χ1n) is 8.84. The summed E-state index contributed by atoms with van der Waals surface area (Å²) in [5.41, 5.74) is 0.736. The van der Waals surface area contributed by atoms with Gasteiger partial charge in [0.1, 0.15) is 17.2 Å². The maximum atomic E-state index is 12.2. The van der Waals surface area contributed by atoms with Crippen molar-refractivity contribution in [2.24, 2.45) is 5.92 Å². The molecule has 0 aliphatic carbocycles. The third-order valence-electron chi connectivity index (χ3n) is 3.67. The van der Waals surface area contributed by atoms with Gasteiger partial charge in [0.25, 0.3) is 5.91 Å². The number of benzene rings is 2. The predicted molar refractivity (Wildman–Crippen MR) is 105 cm³/mol. The lowest BCUT2D eigenvalue weighted by Crippen LogP contribution is -2.21. The van der Waals surface area contributed by atoms with Crippen LogP contribution in [0.25, 0.3) is 0 Å². The Balaban J connectivity index is 1.94. The molecule has 1 N–H and O–H groups in total. The molecule has 28 heavy (non-hydrogen) atoms. The summed E-state index contributed by atoms with van der Waals surface area (Å²) >= 11 is 0. The number of amides is 1. The molecule has 2 rings (SSSR count). The molecule has 7 heteroatoms. The van der Waals surface area contributed by atoms with Gasteiger partial charge >= 0.3 is 5.97 Å². The largest absolute Gasteiger partial charge is 0.497 e. The molecule has 0 saturated heterocycles. The Morgan fingerprint density at radius 3 is 2.46 bits per heavy atom. The molecule has 150 valence electrons. The van der Waals surface area contributed by atoms with Crippen LogP contribution in [0.4, 0.5) is 5.69 Å². The maximum absolute atomic E-state index is 12.2. The van der Waals surface area contributed by atoms with Crippen molar-refractivity contribution in [2.75, 3.05) is 32.8 Å². The van der Waals surface area contributed by atoms with Crippen LogP contribution in [0.1, 0.15) is 24.2 Å². The van der Waals surface area contributed by atoms with E-state index in [1.165, 1.54) is 14.2 Å². The molecule has 0 bridgehead atoms. The van der Waals surface area contributed by atoms with Gasteiger partial charge in [0.2, 0.25) is 0 Å². The second kappa shape index (κ2) is 10.2. The highest BCUT2D eigenvalue weighted by atomic mass is 16.5. The summed E-state index contributed by atoms with van der Waals surface area (Å²) in [6, 6.07) is 11.7. The molecular weight excluding hydrogens is 362 g/mol. The van der Waals surface area contributed by atoms with Gasteiger partial charge < -0.3 is 24.3 Å². The van der Waals surface area contributed by atoms with E-state index in [2.05, 4.69) is 5.32 Å². The monoisotopic (exact) mass is 387 g/mol. The number of hydrogen-bond acceptors (Lipinski definition) is 6. The predicted octanol–water partition coefficient (Wildman–Crippen LogP) is 3.53. The van der Waals surface area contributed by atoms with Gasteiger partial charge in [-0.05, 0) is 36.2 Å². The number of carbonyl (C=O) groups is 2. The Morgan fingerprint density at radius 1 is 1.00 bits per heavy atom. The van der Waals surface area contributed by atoms with Crippen molar-refractivity contribution in [1.82, 2.24) is 0 Å². The van der Waals surface area contributed by atoms with E-state index in [1.807, 2.05) is 13.8 Å². The molecule has 1 amide bonds. The maximum Gasteiger partial charge on any atom is 0.338 e. The van der Waals surface area contributed by atoms with Gasteiger partial charge in [-0.3, -0.25) is 4.79 Å².